The van der Waals surface area contributed by atoms with Crippen LogP contribution in [0, 0.1) is 0 Å². The van der Waals surface area contributed by atoms with Crippen molar-refractivity contribution in [2.24, 2.45) is 0 Å². The van der Waals surface area contributed by atoms with E-state index in [-0.39, 0.29) is 12.3 Å². The number of ketones is 1. The van der Waals surface area contributed by atoms with Gasteiger partial charge in [0.15, 0.2) is 6.29 Å². The van der Waals surface area contributed by atoms with Crippen molar-refractivity contribution < 1.29 is 28.5 Å². The second kappa shape index (κ2) is 9.29. The third-order valence-corrected chi connectivity index (χ3v) is 5.52. The molecule has 0 amide bonds. The Labute approximate surface area is 180 Å². The maximum atomic E-state index is 12.6. The van der Waals surface area contributed by atoms with Gasteiger partial charge in [-0.25, -0.2) is 4.79 Å². The highest BCUT2D eigenvalue weighted by atomic mass is 16.7. The predicted molar refractivity (Wildman–Crippen MR) is 115 cm³/mol. The molecule has 6 heteroatoms. The summed E-state index contributed by atoms with van der Waals surface area (Å²) in [6, 6.07) is 19.7. The van der Waals surface area contributed by atoms with Gasteiger partial charge in [-0.15, -0.1) is 0 Å². The zero-order valence-electron chi connectivity index (χ0n) is 17.5. The Hall–Kier alpha value is -3.22. The van der Waals surface area contributed by atoms with Gasteiger partial charge in [0.1, 0.15) is 5.75 Å². The van der Waals surface area contributed by atoms with Crippen molar-refractivity contribution in [3.8, 4) is 5.75 Å². The fraction of sp³-hybridized carbons (Fsp3) is 0.280. The summed E-state index contributed by atoms with van der Waals surface area (Å²) in [5.41, 5.74) is 2.55. The first-order valence-corrected chi connectivity index (χ1v) is 10.1. The number of carbonyl (C=O) groups is 2. The molecular formula is C25H24O6. The van der Waals surface area contributed by atoms with Gasteiger partial charge in [0, 0.05) is 17.9 Å². The smallest absolute Gasteiger partial charge is 0.374 e. The summed E-state index contributed by atoms with van der Waals surface area (Å²) in [6.45, 7) is 0.978. The van der Waals surface area contributed by atoms with E-state index >= 15 is 0 Å². The van der Waals surface area contributed by atoms with E-state index in [1.54, 1.807) is 7.11 Å². The Morgan fingerprint density at radius 2 is 1.71 bits per heavy atom. The number of fused-ring (bicyclic) bond motifs is 1. The summed E-state index contributed by atoms with van der Waals surface area (Å²) in [4.78, 5) is 24.5. The van der Waals surface area contributed by atoms with Crippen LogP contribution in [-0.2, 0) is 23.8 Å². The molecule has 160 valence electrons. The summed E-state index contributed by atoms with van der Waals surface area (Å²) in [5, 5.41) is 2.15. The van der Waals surface area contributed by atoms with Gasteiger partial charge in [-0.2, -0.15) is 0 Å². The summed E-state index contributed by atoms with van der Waals surface area (Å²) < 4.78 is 21.6. The lowest BCUT2D eigenvalue weighted by Crippen LogP contribution is -2.20. The van der Waals surface area contributed by atoms with E-state index in [1.807, 2.05) is 54.6 Å². The molecule has 0 bridgehead atoms. The Kier molecular flexibility index (Phi) is 6.30. The highest BCUT2D eigenvalue weighted by Gasteiger charge is 2.29. The molecule has 3 aromatic carbocycles. The Morgan fingerprint density at radius 3 is 2.42 bits per heavy atom. The molecule has 0 unspecified atom stereocenters. The van der Waals surface area contributed by atoms with Crippen molar-refractivity contribution in [3.05, 3.63) is 77.4 Å². The number of hydrogen-bond acceptors (Lipinski definition) is 6. The van der Waals surface area contributed by atoms with Crippen LogP contribution in [0.2, 0.25) is 0 Å². The minimum absolute atomic E-state index is 0.0307. The second-order valence-corrected chi connectivity index (χ2v) is 7.35. The highest BCUT2D eigenvalue weighted by molar-refractivity contribution is 6.33. The number of carbonyl (C=O) groups excluding carboxylic acids is 2. The maximum Gasteiger partial charge on any atom is 0.374 e. The van der Waals surface area contributed by atoms with Crippen LogP contribution < -0.4 is 4.74 Å². The van der Waals surface area contributed by atoms with E-state index in [0.29, 0.717) is 19.0 Å². The van der Waals surface area contributed by atoms with Crippen LogP contribution in [0.1, 0.15) is 35.3 Å². The van der Waals surface area contributed by atoms with Gasteiger partial charge in [0.25, 0.3) is 0 Å². The third kappa shape index (κ3) is 4.45. The van der Waals surface area contributed by atoms with E-state index in [1.165, 1.54) is 7.11 Å². The van der Waals surface area contributed by atoms with Gasteiger partial charge in [0.2, 0.25) is 5.78 Å². The Bertz CT molecular complexity index is 1100. The molecule has 1 aliphatic heterocycles. The number of ether oxygens (including phenoxy) is 4. The lowest BCUT2D eigenvalue weighted by atomic mass is 9.83. The van der Waals surface area contributed by atoms with Crippen LogP contribution in [0.3, 0.4) is 0 Å². The van der Waals surface area contributed by atoms with E-state index in [9.17, 15) is 9.59 Å². The van der Waals surface area contributed by atoms with Crippen LogP contribution in [0.4, 0.5) is 0 Å². The van der Waals surface area contributed by atoms with E-state index in [2.05, 4.69) is 10.8 Å². The zero-order chi connectivity index (χ0) is 21.8. The first-order chi connectivity index (χ1) is 15.1. The lowest BCUT2D eigenvalue weighted by molar-refractivity contribution is -0.151. The van der Waals surface area contributed by atoms with Crippen LogP contribution in [0.5, 0.6) is 5.75 Å². The monoisotopic (exact) mass is 420 g/mol. The minimum atomic E-state index is -0.853. The molecule has 0 N–H and O–H groups in total. The van der Waals surface area contributed by atoms with Gasteiger partial charge in [0.05, 0.1) is 27.4 Å². The van der Waals surface area contributed by atoms with Gasteiger partial charge in [-0.3, -0.25) is 4.79 Å². The van der Waals surface area contributed by atoms with Crippen molar-refractivity contribution in [3.63, 3.8) is 0 Å². The number of rotatable bonds is 7. The quantitative estimate of drug-likeness (QED) is 0.422. The molecule has 3 aromatic rings. The lowest BCUT2D eigenvalue weighted by Gasteiger charge is -2.23. The number of Topliss-reactive ketones (excluding diaryl/α,β-unsaturated/α-hetero) is 1. The summed E-state index contributed by atoms with van der Waals surface area (Å²) in [6.07, 6.45) is -0.585. The van der Waals surface area contributed by atoms with Crippen LogP contribution in [-0.4, -0.2) is 39.2 Å². The normalized spacial score (nSPS) is 15.0. The molecule has 6 nitrogen and oxygen atoms in total. The molecular weight excluding hydrogens is 396 g/mol. The zero-order valence-corrected chi connectivity index (χ0v) is 17.5. The number of esters is 1. The average molecular weight is 420 g/mol. The Balaban J connectivity index is 1.83. The molecule has 0 radical (unpaired) electrons. The maximum absolute atomic E-state index is 12.6. The number of methoxy groups -OCH3 is 2. The summed E-state index contributed by atoms with van der Waals surface area (Å²) >= 11 is 0. The minimum Gasteiger partial charge on any atom is -0.497 e. The van der Waals surface area contributed by atoms with Gasteiger partial charge < -0.3 is 18.9 Å². The van der Waals surface area contributed by atoms with Crippen molar-refractivity contribution in [1.82, 2.24) is 0 Å². The van der Waals surface area contributed by atoms with Gasteiger partial charge in [-0.1, -0.05) is 48.5 Å². The SMILES string of the molecule is COC(=O)C(=O)C[C@@H](c1ccc2ccccc2c1)c1ccc(OC)cc1C1OCCO1. The standard InChI is InChI=1S/C25H24O6/c1-28-19-9-10-20(22(14-19)25-30-11-12-31-25)21(15-23(26)24(27)29-2)18-8-7-16-5-3-4-6-17(16)13-18/h3-10,13-14,21,25H,11-12,15H2,1-2H3/t21-/m0/s1. The molecule has 0 saturated carbocycles. The molecule has 1 aliphatic rings. The second-order valence-electron chi connectivity index (χ2n) is 7.35. The number of hydrogen-bond donors (Lipinski definition) is 0. The topological polar surface area (TPSA) is 71.1 Å². The van der Waals surface area contributed by atoms with E-state index in [4.69, 9.17) is 14.2 Å². The predicted octanol–water partition coefficient (Wildman–Crippen LogP) is 4.16. The van der Waals surface area contributed by atoms with Crippen LogP contribution in [0.15, 0.2) is 60.7 Å². The first kappa shape index (κ1) is 21.0. The highest BCUT2D eigenvalue weighted by Crippen LogP contribution is 2.38. The summed E-state index contributed by atoms with van der Waals surface area (Å²) in [7, 11) is 2.81. The van der Waals surface area contributed by atoms with Crippen LogP contribution in [0.25, 0.3) is 10.8 Å². The molecule has 4 rings (SSSR count). The molecule has 1 fully saturated rings. The molecule has 1 heterocycles. The largest absolute Gasteiger partial charge is 0.497 e. The van der Waals surface area contributed by atoms with E-state index in [0.717, 1.165) is 27.5 Å². The van der Waals surface area contributed by atoms with Crippen molar-refractivity contribution in [2.75, 3.05) is 27.4 Å². The molecule has 0 aliphatic carbocycles. The van der Waals surface area contributed by atoms with Gasteiger partial charge in [-0.05, 0) is 34.0 Å². The van der Waals surface area contributed by atoms with Crippen molar-refractivity contribution >= 4 is 22.5 Å². The summed E-state index contributed by atoms with van der Waals surface area (Å²) in [5.74, 6) is -1.16. The fourth-order valence-electron chi connectivity index (χ4n) is 3.95. The molecule has 1 atom stereocenters. The molecule has 31 heavy (non-hydrogen) atoms. The average Bonchev–Trinajstić information content (AvgIpc) is 3.36. The first-order valence-electron chi connectivity index (χ1n) is 10.1. The van der Waals surface area contributed by atoms with Gasteiger partial charge >= 0.3 is 5.97 Å². The van der Waals surface area contributed by atoms with E-state index < -0.39 is 18.0 Å². The van der Waals surface area contributed by atoms with Crippen molar-refractivity contribution in [2.45, 2.75) is 18.6 Å². The number of benzene rings is 3. The van der Waals surface area contributed by atoms with Crippen molar-refractivity contribution in [1.29, 1.82) is 0 Å². The third-order valence-electron chi connectivity index (χ3n) is 5.52. The molecule has 0 aromatic heterocycles. The van der Waals surface area contributed by atoms with Crippen LogP contribution >= 0.6 is 0 Å². The Morgan fingerprint density at radius 1 is 0.968 bits per heavy atom. The molecule has 1 saturated heterocycles. The molecule has 0 spiro atoms. The fourth-order valence-corrected chi connectivity index (χ4v) is 3.95.